The quantitative estimate of drug-likeness (QED) is 0.807. The summed E-state index contributed by atoms with van der Waals surface area (Å²) in [5, 5.41) is 12.3. The highest BCUT2D eigenvalue weighted by Gasteiger charge is 2.23. The first-order valence-corrected chi connectivity index (χ1v) is 6.82. The lowest BCUT2D eigenvalue weighted by molar-refractivity contribution is 0.242. The average molecular weight is 252 g/mol. The topological polar surface area (TPSA) is 48.6 Å². The molecule has 1 aromatic heterocycles. The van der Waals surface area contributed by atoms with Crippen molar-refractivity contribution in [2.45, 2.75) is 39.5 Å². The summed E-state index contributed by atoms with van der Waals surface area (Å²) >= 11 is 0. The van der Waals surface area contributed by atoms with Gasteiger partial charge in [-0.25, -0.2) is 0 Å². The first kappa shape index (κ1) is 13.6. The van der Waals surface area contributed by atoms with Crippen molar-refractivity contribution in [2.75, 3.05) is 19.6 Å². The standard InChI is InChI=1S/C14H24N2O2/c1-11(2)16-6-5-12(9-16)7-15-8-13-3-4-14(10-17)18-13/h3-4,11-12,15,17H,5-10H2,1-2H3. The molecule has 0 amide bonds. The van der Waals surface area contributed by atoms with E-state index in [1.807, 2.05) is 12.1 Å². The van der Waals surface area contributed by atoms with Crippen molar-refractivity contribution < 1.29 is 9.52 Å². The minimum Gasteiger partial charge on any atom is -0.462 e. The maximum atomic E-state index is 8.91. The van der Waals surface area contributed by atoms with Crippen molar-refractivity contribution in [2.24, 2.45) is 5.92 Å². The molecule has 1 fully saturated rings. The number of hydrogen-bond donors (Lipinski definition) is 2. The van der Waals surface area contributed by atoms with Gasteiger partial charge in [0.05, 0.1) is 6.54 Å². The fourth-order valence-corrected chi connectivity index (χ4v) is 2.50. The van der Waals surface area contributed by atoms with Crippen LogP contribution in [-0.2, 0) is 13.2 Å². The van der Waals surface area contributed by atoms with Crippen molar-refractivity contribution in [1.82, 2.24) is 10.2 Å². The smallest absolute Gasteiger partial charge is 0.129 e. The summed E-state index contributed by atoms with van der Waals surface area (Å²) < 4.78 is 5.43. The molecule has 2 heterocycles. The highest BCUT2D eigenvalue weighted by Crippen LogP contribution is 2.17. The first-order valence-electron chi connectivity index (χ1n) is 6.82. The van der Waals surface area contributed by atoms with Gasteiger partial charge in [0.15, 0.2) is 0 Å². The average Bonchev–Trinajstić information content (AvgIpc) is 2.97. The number of hydrogen-bond acceptors (Lipinski definition) is 4. The molecular weight excluding hydrogens is 228 g/mol. The molecule has 2 rings (SSSR count). The molecular formula is C14H24N2O2. The molecule has 1 atom stereocenters. The second-order valence-electron chi connectivity index (χ2n) is 5.40. The van der Waals surface area contributed by atoms with Crippen LogP contribution in [0.1, 0.15) is 31.8 Å². The van der Waals surface area contributed by atoms with Gasteiger partial charge in [-0.1, -0.05) is 0 Å². The Hall–Kier alpha value is -0.840. The Kier molecular flexibility index (Phi) is 4.80. The third kappa shape index (κ3) is 3.57. The van der Waals surface area contributed by atoms with Crippen LogP contribution in [0.25, 0.3) is 0 Å². The van der Waals surface area contributed by atoms with Gasteiger partial charge in [0.25, 0.3) is 0 Å². The van der Waals surface area contributed by atoms with Crippen molar-refractivity contribution in [3.63, 3.8) is 0 Å². The molecule has 18 heavy (non-hydrogen) atoms. The number of nitrogens with one attached hydrogen (secondary N) is 1. The molecule has 0 radical (unpaired) electrons. The number of likely N-dealkylation sites (tertiary alicyclic amines) is 1. The number of nitrogens with zero attached hydrogens (tertiary/aromatic N) is 1. The highest BCUT2D eigenvalue weighted by molar-refractivity contribution is 5.06. The fourth-order valence-electron chi connectivity index (χ4n) is 2.50. The zero-order valence-corrected chi connectivity index (χ0v) is 11.4. The lowest BCUT2D eigenvalue weighted by atomic mass is 10.1. The van der Waals surface area contributed by atoms with Gasteiger partial charge in [0, 0.05) is 12.6 Å². The van der Waals surface area contributed by atoms with Crippen LogP contribution in [-0.4, -0.2) is 35.7 Å². The molecule has 1 unspecified atom stereocenters. The van der Waals surface area contributed by atoms with Crippen molar-refractivity contribution in [3.05, 3.63) is 23.7 Å². The van der Waals surface area contributed by atoms with E-state index in [9.17, 15) is 0 Å². The molecule has 4 nitrogen and oxygen atoms in total. The molecule has 4 heteroatoms. The molecule has 0 spiro atoms. The summed E-state index contributed by atoms with van der Waals surface area (Å²) in [6.07, 6.45) is 1.28. The molecule has 0 aromatic carbocycles. The van der Waals surface area contributed by atoms with Crippen LogP contribution in [0.5, 0.6) is 0 Å². The molecule has 1 aliphatic heterocycles. The molecule has 1 saturated heterocycles. The minimum absolute atomic E-state index is 0.0219. The van der Waals surface area contributed by atoms with Crippen molar-refractivity contribution in [3.8, 4) is 0 Å². The molecule has 0 bridgehead atoms. The number of rotatable bonds is 6. The van der Waals surface area contributed by atoms with E-state index in [1.165, 1.54) is 19.5 Å². The summed E-state index contributed by atoms with van der Waals surface area (Å²) in [6, 6.07) is 4.41. The predicted octanol–water partition coefficient (Wildman–Crippen LogP) is 1.59. The zero-order valence-electron chi connectivity index (χ0n) is 11.4. The number of furan rings is 1. The molecule has 0 saturated carbocycles. The molecule has 0 aliphatic carbocycles. The maximum Gasteiger partial charge on any atom is 0.129 e. The van der Waals surface area contributed by atoms with Gasteiger partial charge < -0.3 is 19.7 Å². The Morgan fingerprint density at radius 2 is 2.22 bits per heavy atom. The summed E-state index contributed by atoms with van der Waals surface area (Å²) in [7, 11) is 0. The Balaban J connectivity index is 1.67. The second kappa shape index (κ2) is 6.36. The van der Waals surface area contributed by atoms with E-state index in [1.54, 1.807) is 0 Å². The summed E-state index contributed by atoms with van der Waals surface area (Å²) in [4.78, 5) is 2.53. The predicted molar refractivity (Wildman–Crippen MR) is 71.2 cm³/mol. The number of aliphatic hydroxyl groups excluding tert-OH is 1. The first-order chi connectivity index (χ1) is 8.69. The van der Waals surface area contributed by atoms with Gasteiger partial charge in [0.2, 0.25) is 0 Å². The van der Waals surface area contributed by atoms with Gasteiger partial charge in [-0.05, 0) is 51.4 Å². The van der Waals surface area contributed by atoms with Gasteiger partial charge in [-0.2, -0.15) is 0 Å². The lowest BCUT2D eigenvalue weighted by Crippen LogP contribution is -2.30. The van der Waals surface area contributed by atoms with E-state index in [0.717, 1.165) is 24.8 Å². The van der Waals surface area contributed by atoms with Crippen LogP contribution in [0.2, 0.25) is 0 Å². The Morgan fingerprint density at radius 1 is 1.44 bits per heavy atom. The SMILES string of the molecule is CC(C)N1CCC(CNCc2ccc(CO)o2)C1. The monoisotopic (exact) mass is 252 g/mol. The summed E-state index contributed by atoms with van der Waals surface area (Å²) in [5.74, 6) is 2.29. The van der Waals surface area contributed by atoms with E-state index in [4.69, 9.17) is 9.52 Å². The fraction of sp³-hybridized carbons (Fsp3) is 0.714. The Labute approximate surface area is 109 Å². The second-order valence-corrected chi connectivity index (χ2v) is 5.40. The Bertz CT molecular complexity index is 362. The van der Waals surface area contributed by atoms with Gasteiger partial charge in [-0.15, -0.1) is 0 Å². The molecule has 1 aromatic rings. The largest absolute Gasteiger partial charge is 0.462 e. The normalized spacial score (nSPS) is 21.0. The van der Waals surface area contributed by atoms with E-state index < -0.39 is 0 Å². The van der Waals surface area contributed by atoms with Crippen molar-refractivity contribution in [1.29, 1.82) is 0 Å². The van der Waals surface area contributed by atoms with E-state index in [2.05, 4.69) is 24.1 Å². The van der Waals surface area contributed by atoms with Gasteiger partial charge in [0.1, 0.15) is 18.1 Å². The van der Waals surface area contributed by atoms with Crippen molar-refractivity contribution >= 4 is 0 Å². The zero-order chi connectivity index (χ0) is 13.0. The van der Waals surface area contributed by atoms with Crippen LogP contribution < -0.4 is 5.32 Å². The van der Waals surface area contributed by atoms with Crippen LogP contribution in [0.15, 0.2) is 16.5 Å². The maximum absolute atomic E-state index is 8.91. The van der Waals surface area contributed by atoms with E-state index >= 15 is 0 Å². The lowest BCUT2D eigenvalue weighted by Gasteiger charge is -2.20. The third-order valence-corrected chi connectivity index (χ3v) is 3.65. The summed E-state index contributed by atoms with van der Waals surface area (Å²) in [5.41, 5.74) is 0. The third-order valence-electron chi connectivity index (χ3n) is 3.65. The molecule has 102 valence electrons. The van der Waals surface area contributed by atoms with Gasteiger partial charge >= 0.3 is 0 Å². The summed E-state index contributed by atoms with van der Waals surface area (Å²) in [6.45, 7) is 8.71. The van der Waals surface area contributed by atoms with E-state index in [-0.39, 0.29) is 6.61 Å². The van der Waals surface area contributed by atoms with E-state index in [0.29, 0.717) is 11.8 Å². The number of aliphatic hydroxyl groups is 1. The van der Waals surface area contributed by atoms with Crippen LogP contribution in [0, 0.1) is 5.92 Å². The molecule has 1 aliphatic rings. The van der Waals surface area contributed by atoms with Crippen LogP contribution in [0.3, 0.4) is 0 Å². The van der Waals surface area contributed by atoms with Crippen LogP contribution in [0.4, 0.5) is 0 Å². The van der Waals surface area contributed by atoms with Gasteiger partial charge in [-0.3, -0.25) is 0 Å². The highest BCUT2D eigenvalue weighted by atomic mass is 16.4. The minimum atomic E-state index is -0.0219. The Morgan fingerprint density at radius 3 is 2.83 bits per heavy atom. The molecule has 2 N–H and O–H groups in total. The van der Waals surface area contributed by atoms with Crippen LogP contribution >= 0.6 is 0 Å².